The maximum absolute atomic E-state index is 3.67. The lowest BCUT2D eigenvalue weighted by atomic mass is 10.0. The van der Waals surface area contributed by atoms with Gasteiger partial charge in [0.15, 0.2) is 0 Å². The molecule has 0 spiro atoms. The molecule has 0 aliphatic carbocycles. The van der Waals surface area contributed by atoms with E-state index >= 15 is 0 Å². The normalized spacial score (nSPS) is 13.3. The lowest BCUT2D eigenvalue weighted by Crippen LogP contribution is -2.29. The fourth-order valence-corrected chi connectivity index (χ4v) is 2.14. The van der Waals surface area contributed by atoms with Crippen molar-refractivity contribution in [2.24, 2.45) is 5.92 Å². The van der Waals surface area contributed by atoms with Gasteiger partial charge < -0.3 is 5.32 Å². The average Bonchev–Trinajstić information content (AvgIpc) is 2.26. The van der Waals surface area contributed by atoms with Gasteiger partial charge in [-0.15, -0.1) is 0 Å². The summed E-state index contributed by atoms with van der Waals surface area (Å²) < 4.78 is 0. The van der Waals surface area contributed by atoms with E-state index in [1.165, 1.54) is 57.9 Å². The first kappa shape index (κ1) is 16.0. The summed E-state index contributed by atoms with van der Waals surface area (Å²) in [4.78, 5) is 0. The molecule has 0 rings (SSSR count). The van der Waals surface area contributed by atoms with Crippen LogP contribution in [0.2, 0.25) is 0 Å². The van der Waals surface area contributed by atoms with Crippen molar-refractivity contribution >= 4 is 0 Å². The molecule has 98 valence electrons. The second-order valence-corrected chi connectivity index (χ2v) is 5.44. The minimum atomic E-state index is 0.765. The molecule has 0 fully saturated rings. The van der Waals surface area contributed by atoms with Gasteiger partial charge >= 0.3 is 0 Å². The van der Waals surface area contributed by atoms with Gasteiger partial charge in [-0.25, -0.2) is 0 Å². The van der Waals surface area contributed by atoms with Gasteiger partial charge in [-0.1, -0.05) is 59.8 Å². The predicted octanol–water partition coefficient (Wildman–Crippen LogP) is 4.76. The first-order chi connectivity index (χ1) is 7.70. The minimum Gasteiger partial charge on any atom is -0.314 e. The van der Waals surface area contributed by atoms with Gasteiger partial charge in [-0.2, -0.15) is 0 Å². The van der Waals surface area contributed by atoms with Crippen LogP contribution >= 0.6 is 0 Å². The van der Waals surface area contributed by atoms with E-state index in [0.717, 1.165) is 12.0 Å². The fourth-order valence-electron chi connectivity index (χ4n) is 2.14. The SMILES string of the molecule is CCCC(CC)NCCCCCCC(C)C. The Bertz CT molecular complexity index is 131. The Balaban J connectivity index is 3.19. The molecule has 0 saturated heterocycles. The summed E-state index contributed by atoms with van der Waals surface area (Å²) in [5.74, 6) is 0.882. The molecule has 0 aliphatic rings. The molecule has 0 aromatic carbocycles. The van der Waals surface area contributed by atoms with E-state index < -0.39 is 0 Å². The van der Waals surface area contributed by atoms with Crippen molar-refractivity contribution in [2.75, 3.05) is 6.54 Å². The zero-order chi connectivity index (χ0) is 12.2. The highest BCUT2D eigenvalue weighted by Crippen LogP contribution is 2.09. The Morgan fingerprint density at radius 3 is 2.12 bits per heavy atom. The number of hydrogen-bond donors (Lipinski definition) is 1. The Morgan fingerprint density at radius 2 is 1.56 bits per heavy atom. The molecule has 1 unspecified atom stereocenters. The van der Waals surface area contributed by atoms with Crippen LogP contribution in [0.15, 0.2) is 0 Å². The van der Waals surface area contributed by atoms with Gasteiger partial charge in [0.05, 0.1) is 0 Å². The molecule has 1 N–H and O–H groups in total. The van der Waals surface area contributed by atoms with Gasteiger partial charge in [-0.05, 0) is 31.7 Å². The van der Waals surface area contributed by atoms with Crippen LogP contribution in [0.4, 0.5) is 0 Å². The van der Waals surface area contributed by atoms with Crippen LogP contribution in [0.25, 0.3) is 0 Å². The van der Waals surface area contributed by atoms with Crippen molar-refractivity contribution in [1.82, 2.24) is 5.32 Å². The maximum Gasteiger partial charge on any atom is 0.00643 e. The third-order valence-electron chi connectivity index (χ3n) is 3.27. The lowest BCUT2D eigenvalue weighted by Gasteiger charge is -2.15. The summed E-state index contributed by atoms with van der Waals surface area (Å²) >= 11 is 0. The number of nitrogens with one attached hydrogen (secondary N) is 1. The van der Waals surface area contributed by atoms with E-state index in [4.69, 9.17) is 0 Å². The lowest BCUT2D eigenvalue weighted by molar-refractivity contribution is 0.447. The number of unbranched alkanes of at least 4 members (excludes halogenated alkanes) is 3. The van der Waals surface area contributed by atoms with Crippen molar-refractivity contribution in [1.29, 1.82) is 0 Å². The van der Waals surface area contributed by atoms with Crippen LogP contribution in [-0.2, 0) is 0 Å². The summed E-state index contributed by atoms with van der Waals surface area (Å²) in [6.45, 7) is 10.4. The summed E-state index contributed by atoms with van der Waals surface area (Å²) in [6.07, 6.45) is 10.9. The van der Waals surface area contributed by atoms with E-state index in [9.17, 15) is 0 Å². The molecule has 0 aliphatic heterocycles. The van der Waals surface area contributed by atoms with Crippen LogP contribution < -0.4 is 5.32 Å². The number of hydrogen-bond acceptors (Lipinski definition) is 1. The Labute approximate surface area is 103 Å². The van der Waals surface area contributed by atoms with Crippen molar-refractivity contribution in [3.05, 3.63) is 0 Å². The van der Waals surface area contributed by atoms with Gasteiger partial charge in [0, 0.05) is 6.04 Å². The summed E-state index contributed by atoms with van der Waals surface area (Å²) in [5.41, 5.74) is 0. The summed E-state index contributed by atoms with van der Waals surface area (Å²) in [5, 5.41) is 3.67. The first-order valence-corrected chi connectivity index (χ1v) is 7.44. The molecule has 0 aromatic heterocycles. The molecule has 0 aromatic rings. The van der Waals surface area contributed by atoms with Gasteiger partial charge in [0.1, 0.15) is 0 Å². The standard InChI is InChI=1S/C15H33N/c1-5-11-15(6-2)16-13-10-8-7-9-12-14(3)4/h14-16H,5-13H2,1-4H3. The molecule has 0 amide bonds. The molecule has 1 heteroatoms. The van der Waals surface area contributed by atoms with E-state index in [0.29, 0.717) is 0 Å². The molecule has 0 radical (unpaired) electrons. The molecule has 0 bridgehead atoms. The summed E-state index contributed by atoms with van der Waals surface area (Å²) in [6, 6.07) is 0.765. The van der Waals surface area contributed by atoms with Crippen molar-refractivity contribution in [3.8, 4) is 0 Å². The van der Waals surface area contributed by atoms with Gasteiger partial charge in [-0.3, -0.25) is 0 Å². The topological polar surface area (TPSA) is 12.0 Å². The van der Waals surface area contributed by atoms with Crippen molar-refractivity contribution < 1.29 is 0 Å². The molecule has 16 heavy (non-hydrogen) atoms. The third-order valence-corrected chi connectivity index (χ3v) is 3.27. The highest BCUT2D eigenvalue weighted by molar-refractivity contribution is 4.63. The fraction of sp³-hybridized carbons (Fsp3) is 1.00. The second kappa shape index (κ2) is 11.4. The Kier molecular flexibility index (Phi) is 11.4. The maximum atomic E-state index is 3.67. The zero-order valence-electron chi connectivity index (χ0n) is 12.0. The van der Waals surface area contributed by atoms with Crippen LogP contribution in [0, 0.1) is 5.92 Å². The first-order valence-electron chi connectivity index (χ1n) is 7.44. The van der Waals surface area contributed by atoms with Gasteiger partial charge in [0.2, 0.25) is 0 Å². The molecule has 1 nitrogen and oxygen atoms in total. The molecule has 0 heterocycles. The molecule has 0 saturated carbocycles. The van der Waals surface area contributed by atoms with Crippen LogP contribution in [0.1, 0.15) is 79.1 Å². The Morgan fingerprint density at radius 1 is 0.875 bits per heavy atom. The highest BCUT2D eigenvalue weighted by atomic mass is 14.9. The molecular weight excluding hydrogens is 194 g/mol. The predicted molar refractivity (Wildman–Crippen MR) is 74.9 cm³/mol. The molecule has 1 atom stereocenters. The van der Waals surface area contributed by atoms with Crippen molar-refractivity contribution in [3.63, 3.8) is 0 Å². The zero-order valence-corrected chi connectivity index (χ0v) is 12.0. The largest absolute Gasteiger partial charge is 0.314 e. The van der Waals surface area contributed by atoms with E-state index in [1.54, 1.807) is 0 Å². The smallest absolute Gasteiger partial charge is 0.00643 e. The molecular formula is C15H33N. The van der Waals surface area contributed by atoms with E-state index in [2.05, 4.69) is 33.0 Å². The monoisotopic (exact) mass is 227 g/mol. The average molecular weight is 227 g/mol. The van der Waals surface area contributed by atoms with E-state index in [-0.39, 0.29) is 0 Å². The second-order valence-electron chi connectivity index (χ2n) is 5.44. The van der Waals surface area contributed by atoms with E-state index in [1.807, 2.05) is 0 Å². The third kappa shape index (κ3) is 10.5. The van der Waals surface area contributed by atoms with Crippen molar-refractivity contribution in [2.45, 2.75) is 85.1 Å². The van der Waals surface area contributed by atoms with Crippen LogP contribution in [-0.4, -0.2) is 12.6 Å². The number of rotatable bonds is 11. The Hall–Kier alpha value is -0.0400. The summed E-state index contributed by atoms with van der Waals surface area (Å²) in [7, 11) is 0. The van der Waals surface area contributed by atoms with Gasteiger partial charge in [0.25, 0.3) is 0 Å². The minimum absolute atomic E-state index is 0.765. The highest BCUT2D eigenvalue weighted by Gasteiger charge is 2.02. The van der Waals surface area contributed by atoms with Crippen LogP contribution in [0.3, 0.4) is 0 Å². The van der Waals surface area contributed by atoms with Crippen LogP contribution in [0.5, 0.6) is 0 Å². The quantitative estimate of drug-likeness (QED) is 0.502.